The molecule has 3 aromatic heterocycles. The summed E-state index contributed by atoms with van der Waals surface area (Å²) in [5, 5.41) is 2.25. The summed E-state index contributed by atoms with van der Waals surface area (Å²) in [7, 11) is 0. The topological polar surface area (TPSA) is 104 Å². The Balaban J connectivity index is 1.91. The van der Waals surface area contributed by atoms with Crippen molar-refractivity contribution in [1.29, 1.82) is 0 Å². The van der Waals surface area contributed by atoms with Crippen LogP contribution in [0.5, 0.6) is 5.88 Å². The van der Waals surface area contributed by atoms with Crippen molar-refractivity contribution in [2.24, 2.45) is 0 Å². The first-order valence-corrected chi connectivity index (χ1v) is 10.1. The maximum absolute atomic E-state index is 13.7. The predicted octanol–water partition coefficient (Wildman–Crippen LogP) is 3.98. The lowest BCUT2D eigenvalue weighted by Crippen LogP contribution is -2.34. The molecular weight excluding hydrogens is 445 g/mol. The van der Waals surface area contributed by atoms with E-state index >= 15 is 0 Å². The van der Waals surface area contributed by atoms with E-state index in [1.165, 1.54) is 22.7 Å². The van der Waals surface area contributed by atoms with Crippen molar-refractivity contribution in [2.75, 3.05) is 19.8 Å². The van der Waals surface area contributed by atoms with Gasteiger partial charge in [0, 0.05) is 17.6 Å². The molecule has 33 heavy (non-hydrogen) atoms. The van der Waals surface area contributed by atoms with Crippen LogP contribution in [0.25, 0.3) is 16.7 Å². The number of hydrogen-bond donors (Lipinski definition) is 1. The number of rotatable bonds is 6. The molecule has 3 heterocycles. The van der Waals surface area contributed by atoms with Crippen molar-refractivity contribution in [2.45, 2.75) is 39.5 Å². The summed E-state index contributed by atoms with van der Waals surface area (Å²) in [5.41, 5.74) is -1.59. The van der Waals surface area contributed by atoms with Crippen molar-refractivity contribution in [3.05, 3.63) is 35.7 Å². The van der Waals surface area contributed by atoms with Crippen molar-refractivity contribution >= 4 is 28.7 Å². The standard InChI is InChI=1S/C21H23F3N4O5/c1-5-31-18(29)14-11-28-15(26-14)7-6-12-13(21(22,23)24)10-16(27-17(12)28)32-9-8-25-19(30)33-20(2,3)4/h6-7,10-11H,5,8-9H2,1-4H3,(H,25,30). The zero-order valence-electron chi connectivity index (χ0n) is 18.4. The maximum atomic E-state index is 13.7. The number of aromatic nitrogens is 3. The Bertz CT molecular complexity index is 1180. The van der Waals surface area contributed by atoms with Gasteiger partial charge in [-0.3, -0.25) is 4.40 Å². The molecule has 0 saturated heterocycles. The van der Waals surface area contributed by atoms with Gasteiger partial charge in [-0.25, -0.2) is 14.6 Å². The van der Waals surface area contributed by atoms with Crippen LogP contribution in [0.15, 0.2) is 24.4 Å². The summed E-state index contributed by atoms with van der Waals surface area (Å²) < 4.78 is 57.8. The summed E-state index contributed by atoms with van der Waals surface area (Å²) in [5.74, 6) is -1.01. The molecule has 0 unspecified atom stereocenters. The average molecular weight is 468 g/mol. The number of alkyl carbamates (subject to hydrolysis) is 1. The summed E-state index contributed by atoms with van der Waals surface area (Å²) in [4.78, 5) is 31.9. The van der Waals surface area contributed by atoms with Crippen molar-refractivity contribution < 1.29 is 37.0 Å². The fourth-order valence-electron chi connectivity index (χ4n) is 2.94. The van der Waals surface area contributed by atoms with Crippen LogP contribution in [-0.2, 0) is 15.7 Å². The SMILES string of the molecule is CCOC(=O)c1cn2c(ccc3c(C(F)(F)F)cc(OCCNC(=O)OC(C)(C)C)nc32)n1. The molecule has 3 rings (SSSR count). The molecular formula is C21H23F3N4O5. The highest BCUT2D eigenvalue weighted by atomic mass is 19.4. The molecule has 0 aliphatic rings. The van der Waals surface area contributed by atoms with E-state index in [2.05, 4.69) is 15.3 Å². The van der Waals surface area contributed by atoms with Gasteiger partial charge in [0.25, 0.3) is 0 Å². The van der Waals surface area contributed by atoms with E-state index in [0.717, 1.165) is 6.07 Å². The van der Waals surface area contributed by atoms with Crippen molar-refractivity contribution in [3.8, 4) is 5.88 Å². The Hall–Kier alpha value is -3.57. The quantitative estimate of drug-likeness (QED) is 0.431. The molecule has 9 nitrogen and oxygen atoms in total. The molecule has 3 aromatic rings. The molecule has 0 fully saturated rings. The Morgan fingerprint density at radius 1 is 1.15 bits per heavy atom. The third-order valence-electron chi connectivity index (χ3n) is 4.19. The Labute approximate surface area is 186 Å². The van der Waals surface area contributed by atoms with E-state index in [0.29, 0.717) is 0 Å². The molecule has 0 aliphatic heterocycles. The van der Waals surface area contributed by atoms with E-state index in [9.17, 15) is 22.8 Å². The number of nitrogens with one attached hydrogen (secondary N) is 1. The predicted molar refractivity (Wildman–Crippen MR) is 111 cm³/mol. The summed E-state index contributed by atoms with van der Waals surface area (Å²) in [6.07, 6.45) is -4.11. The molecule has 12 heteroatoms. The molecule has 0 spiro atoms. The number of fused-ring (bicyclic) bond motifs is 3. The van der Waals surface area contributed by atoms with Crippen LogP contribution in [-0.4, -0.2) is 51.8 Å². The number of halogens is 3. The molecule has 178 valence electrons. The highest BCUT2D eigenvalue weighted by Crippen LogP contribution is 2.36. The number of nitrogens with zero attached hydrogens (tertiary/aromatic N) is 3. The largest absolute Gasteiger partial charge is 0.476 e. The summed E-state index contributed by atoms with van der Waals surface area (Å²) >= 11 is 0. The van der Waals surface area contributed by atoms with Gasteiger partial charge in [0.05, 0.1) is 18.7 Å². The van der Waals surface area contributed by atoms with Gasteiger partial charge in [0.2, 0.25) is 5.88 Å². The van der Waals surface area contributed by atoms with Gasteiger partial charge in [0.1, 0.15) is 23.5 Å². The first-order valence-electron chi connectivity index (χ1n) is 10.1. The number of amides is 1. The second-order valence-electron chi connectivity index (χ2n) is 7.93. The van der Waals surface area contributed by atoms with Gasteiger partial charge in [0.15, 0.2) is 5.69 Å². The third kappa shape index (κ3) is 5.82. The number of esters is 1. The molecule has 1 N–H and O–H groups in total. The molecule has 1 amide bonds. The summed E-state index contributed by atoms with van der Waals surface area (Å²) in [6, 6.07) is 3.37. The second kappa shape index (κ2) is 9.12. The van der Waals surface area contributed by atoms with E-state index < -0.39 is 29.4 Å². The monoisotopic (exact) mass is 468 g/mol. The Morgan fingerprint density at radius 3 is 2.52 bits per heavy atom. The molecule has 0 atom stereocenters. The minimum Gasteiger partial charge on any atom is -0.476 e. The molecule has 0 radical (unpaired) electrons. The van der Waals surface area contributed by atoms with Crippen molar-refractivity contribution in [1.82, 2.24) is 19.7 Å². The average Bonchev–Trinajstić information content (AvgIpc) is 3.14. The number of hydrogen-bond acceptors (Lipinski definition) is 7. The lowest BCUT2D eigenvalue weighted by Gasteiger charge is -2.19. The van der Waals surface area contributed by atoms with Gasteiger partial charge in [-0.2, -0.15) is 18.2 Å². The van der Waals surface area contributed by atoms with Crippen LogP contribution >= 0.6 is 0 Å². The van der Waals surface area contributed by atoms with Crippen LogP contribution in [0.1, 0.15) is 43.7 Å². The zero-order chi connectivity index (χ0) is 24.4. The smallest absolute Gasteiger partial charge is 0.417 e. The molecule has 0 aliphatic carbocycles. The minimum atomic E-state index is -4.69. The zero-order valence-corrected chi connectivity index (χ0v) is 18.4. The third-order valence-corrected chi connectivity index (χ3v) is 4.19. The van der Waals surface area contributed by atoms with Gasteiger partial charge in [-0.1, -0.05) is 0 Å². The van der Waals surface area contributed by atoms with Crippen LogP contribution in [0.2, 0.25) is 0 Å². The lowest BCUT2D eigenvalue weighted by atomic mass is 10.1. The van der Waals surface area contributed by atoms with Gasteiger partial charge in [-0.05, 0) is 39.8 Å². The Kier molecular flexibility index (Phi) is 6.65. The highest BCUT2D eigenvalue weighted by molar-refractivity contribution is 5.90. The first-order chi connectivity index (χ1) is 15.4. The normalized spacial score (nSPS) is 12.1. The maximum Gasteiger partial charge on any atom is 0.417 e. The van der Waals surface area contributed by atoms with Crippen LogP contribution in [0.4, 0.5) is 18.0 Å². The fourth-order valence-corrected chi connectivity index (χ4v) is 2.94. The van der Waals surface area contributed by atoms with E-state index in [1.54, 1.807) is 27.7 Å². The molecule has 0 saturated carbocycles. The molecule has 0 bridgehead atoms. The minimum absolute atomic E-state index is 0.0156. The molecule has 0 aromatic carbocycles. The fraction of sp³-hybridized carbons (Fsp3) is 0.429. The first kappa shape index (κ1) is 24.1. The van der Waals surface area contributed by atoms with E-state index in [4.69, 9.17) is 14.2 Å². The number of ether oxygens (including phenoxy) is 3. The number of alkyl halides is 3. The van der Waals surface area contributed by atoms with Crippen LogP contribution < -0.4 is 10.1 Å². The number of carbonyl (C=O) groups is 2. The highest BCUT2D eigenvalue weighted by Gasteiger charge is 2.34. The number of imidazole rings is 1. The van der Waals surface area contributed by atoms with Crippen LogP contribution in [0, 0.1) is 0 Å². The lowest BCUT2D eigenvalue weighted by molar-refractivity contribution is -0.136. The number of pyridine rings is 2. The van der Waals surface area contributed by atoms with E-state index in [1.807, 2.05) is 0 Å². The van der Waals surface area contributed by atoms with Crippen molar-refractivity contribution in [3.63, 3.8) is 0 Å². The van der Waals surface area contributed by atoms with E-state index in [-0.39, 0.29) is 48.0 Å². The van der Waals surface area contributed by atoms with Gasteiger partial charge >= 0.3 is 18.2 Å². The Morgan fingerprint density at radius 2 is 1.88 bits per heavy atom. The van der Waals surface area contributed by atoms with Gasteiger partial charge < -0.3 is 19.5 Å². The second-order valence-corrected chi connectivity index (χ2v) is 7.93. The van der Waals surface area contributed by atoms with Crippen LogP contribution in [0.3, 0.4) is 0 Å². The van der Waals surface area contributed by atoms with Gasteiger partial charge in [-0.15, -0.1) is 0 Å². The summed E-state index contributed by atoms with van der Waals surface area (Å²) in [6.45, 7) is 6.68. The number of carbonyl (C=O) groups excluding carboxylic acids is 2.